The second-order valence-electron chi connectivity index (χ2n) is 2.19. The molecule has 0 saturated carbocycles. The summed E-state index contributed by atoms with van der Waals surface area (Å²) in [5.41, 5.74) is 0.854. The van der Waals surface area contributed by atoms with Crippen LogP contribution in [0.3, 0.4) is 0 Å². The van der Waals surface area contributed by atoms with Gasteiger partial charge in [-0.2, -0.15) is 0 Å². The van der Waals surface area contributed by atoms with Crippen LogP contribution in [-0.4, -0.2) is 22.3 Å². The maximum atomic E-state index is 8.97. The first-order chi connectivity index (χ1) is 5.22. The predicted octanol–water partition coefficient (Wildman–Crippen LogP) is 1.68. The van der Waals surface area contributed by atoms with Gasteiger partial charge < -0.3 is 0 Å². The minimum atomic E-state index is 0. The van der Waals surface area contributed by atoms with Crippen molar-refractivity contribution in [2.45, 2.75) is 0 Å². The largest absolute Gasteiger partial charge is 1.00 e. The Balaban J connectivity index is 0.00000121. The third kappa shape index (κ3) is 3.05. The van der Waals surface area contributed by atoms with Gasteiger partial charge >= 0.3 is 22.4 Å². The number of hydrogen-bond donors (Lipinski definition) is 1. The summed E-state index contributed by atoms with van der Waals surface area (Å²) in [6, 6.07) is 9.38. The Hall–Kier alpha value is -0.190. The van der Waals surface area contributed by atoms with Crippen molar-refractivity contribution in [3.05, 3.63) is 35.9 Å². The summed E-state index contributed by atoms with van der Waals surface area (Å²) in [6.07, 6.45) is 0. The van der Waals surface area contributed by atoms with Gasteiger partial charge in [-0.15, -0.1) is 0 Å². The van der Waals surface area contributed by atoms with E-state index >= 15 is 0 Å². The van der Waals surface area contributed by atoms with Crippen molar-refractivity contribution in [3.63, 3.8) is 0 Å². The van der Waals surface area contributed by atoms with Gasteiger partial charge in [0.25, 0.3) is 0 Å². The quantitative estimate of drug-likeness (QED) is 0.479. The normalized spacial score (nSPS) is 8.50. The third-order valence-corrected chi connectivity index (χ3v) is 1.81. The zero-order chi connectivity index (χ0) is 8.27. The summed E-state index contributed by atoms with van der Waals surface area (Å²) >= 11 is 4.92. The average Bonchev–Trinajstić information content (AvgIpc) is 2.05. The number of thiocarbonyl (C=S) groups is 1. The smallest absolute Gasteiger partial charge is 0.288 e. The molecule has 0 aliphatic rings. The molecule has 0 fully saturated rings. The van der Waals surface area contributed by atoms with Crippen LogP contribution in [-0.2, 0) is 22.4 Å². The zero-order valence-corrected chi connectivity index (χ0v) is 8.79. The van der Waals surface area contributed by atoms with Gasteiger partial charge in [-0.1, -0.05) is 42.5 Å². The summed E-state index contributed by atoms with van der Waals surface area (Å²) in [6.45, 7) is 0. The predicted molar refractivity (Wildman–Crippen MR) is 47.7 cm³/mol. The van der Waals surface area contributed by atoms with Crippen molar-refractivity contribution in [2.24, 2.45) is 0 Å². The van der Waals surface area contributed by atoms with Crippen molar-refractivity contribution in [2.75, 3.05) is 7.05 Å². The molecule has 0 saturated heterocycles. The van der Waals surface area contributed by atoms with Gasteiger partial charge in [-0.05, 0) is 0 Å². The Kier molecular flexibility index (Phi) is 5.37. The zero-order valence-electron chi connectivity index (χ0n) is 6.49. The molecule has 0 atom stereocenters. The molecule has 0 heterocycles. The first-order valence-corrected chi connectivity index (χ1v) is 3.64. The van der Waals surface area contributed by atoms with E-state index in [0.29, 0.717) is 4.99 Å². The maximum Gasteiger partial charge on any atom is 1.00 e. The molecular formula is C8H9AgNOS+. The summed E-state index contributed by atoms with van der Waals surface area (Å²) in [4.78, 5) is 0.436. The van der Waals surface area contributed by atoms with Crippen LogP contribution >= 0.6 is 12.2 Å². The summed E-state index contributed by atoms with van der Waals surface area (Å²) in [7, 11) is 1.51. The standard InChI is InChI=1S/C8H9NOS.Ag/c1-9(10)8(11)7-5-3-2-4-6-7;/h2-6,10H,1H3;/q;+1. The van der Waals surface area contributed by atoms with E-state index in [1.807, 2.05) is 30.3 Å². The van der Waals surface area contributed by atoms with E-state index in [4.69, 9.17) is 17.4 Å². The van der Waals surface area contributed by atoms with Gasteiger partial charge in [0.2, 0.25) is 0 Å². The molecule has 68 valence electrons. The van der Waals surface area contributed by atoms with Crippen molar-refractivity contribution in [1.29, 1.82) is 0 Å². The van der Waals surface area contributed by atoms with Crippen molar-refractivity contribution in [3.8, 4) is 0 Å². The number of hydroxylamine groups is 2. The molecule has 1 N–H and O–H groups in total. The molecule has 1 aromatic rings. The van der Waals surface area contributed by atoms with Gasteiger partial charge in [0.15, 0.2) is 0 Å². The minimum Gasteiger partial charge on any atom is -0.288 e. The van der Waals surface area contributed by atoms with Crippen molar-refractivity contribution in [1.82, 2.24) is 5.06 Å². The van der Waals surface area contributed by atoms with Gasteiger partial charge in [0.05, 0.1) is 0 Å². The maximum absolute atomic E-state index is 8.97. The monoisotopic (exact) mass is 274 g/mol. The van der Waals surface area contributed by atoms with E-state index in [-0.39, 0.29) is 22.4 Å². The molecule has 0 bridgehead atoms. The molecule has 0 aliphatic heterocycles. The molecule has 0 amide bonds. The molecule has 0 aliphatic carbocycles. The Labute approximate surface area is 92.7 Å². The molecular weight excluding hydrogens is 266 g/mol. The van der Waals surface area contributed by atoms with E-state index in [1.54, 1.807) is 0 Å². The van der Waals surface area contributed by atoms with Crippen LogP contribution in [0.15, 0.2) is 30.3 Å². The number of hydrogen-bond acceptors (Lipinski definition) is 2. The van der Waals surface area contributed by atoms with E-state index in [1.165, 1.54) is 7.05 Å². The molecule has 2 nitrogen and oxygen atoms in total. The Morgan fingerprint density at radius 2 is 1.83 bits per heavy atom. The van der Waals surface area contributed by atoms with Crippen molar-refractivity contribution < 1.29 is 27.6 Å². The molecule has 0 spiro atoms. The SMILES string of the molecule is CN(O)C(=S)c1ccccc1.[Ag+]. The van der Waals surface area contributed by atoms with E-state index in [0.717, 1.165) is 10.6 Å². The fourth-order valence-electron chi connectivity index (χ4n) is 0.768. The molecule has 12 heavy (non-hydrogen) atoms. The van der Waals surface area contributed by atoms with Gasteiger partial charge in [0, 0.05) is 12.6 Å². The fourth-order valence-corrected chi connectivity index (χ4v) is 0.904. The number of nitrogens with zero attached hydrogens (tertiary/aromatic N) is 1. The summed E-state index contributed by atoms with van der Waals surface area (Å²) in [5.74, 6) is 0. The fraction of sp³-hybridized carbons (Fsp3) is 0.125. The first kappa shape index (κ1) is 11.8. The summed E-state index contributed by atoms with van der Waals surface area (Å²) < 4.78 is 0. The van der Waals surface area contributed by atoms with Gasteiger partial charge in [-0.3, -0.25) is 5.21 Å². The third-order valence-electron chi connectivity index (χ3n) is 1.31. The molecule has 1 rings (SSSR count). The van der Waals surface area contributed by atoms with Crippen LogP contribution in [0.2, 0.25) is 0 Å². The molecule has 4 heteroatoms. The first-order valence-electron chi connectivity index (χ1n) is 3.24. The van der Waals surface area contributed by atoms with E-state index in [9.17, 15) is 0 Å². The minimum absolute atomic E-state index is 0. The Morgan fingerprint density at radius 1 is 1.33 bits per heavy atom. The van der Waals surface area contributed by atoms with Crippen LogP contribution < -0.4 is 0 Å². The van der Waals surface area contributed by atoms with Crippen LogP contribution in [0.1, 0.15) is 5.56 Å². The number of rotatable bonds is 1. The van der Waals surface area contributed by atoms with Crippen LogP contribution in [0.5, 0.6) is 0 Å². The number of benzene rings is 1. The van der Waals surface area contributed by atoms with E-state index in [2.05, 4.69) is 0 Å². The Bertz CT molecular complexity index is 250. The Morgan fingerprint density at radius 3 is 2.25 bits per heavy atom. The molecule has 0 radical (unpaired) electrons. The summed E-state index contributed by atoms with van der Waals surface area (Å²) in [5, 5.41) is 9.90. The van der Waals surface area contributed by atoms with Crippen molar-refractivity contribution >= 4 is 17.2 Å². The molecule has 0 unspecified atom stereocenters. The van der Waals surface area contributed by atoms with Gasteiger partial charge in [0.1, 0.15) is 4.99 Å². The molecule has 0 aromatic heterocycles. The second-order valence-corrected chi connectivity index (χ2v) is 2.58. The average molecular weight is 275 g/mol. The van der Waals surface area contributed by atoms with E-state index < -0.39 is 0 Å². The van der Waals surface area contributed by atoms with Gasteiger partial charge in [-0.25, -0.2) is 5.06 Å². The van der Waals surface area contributed by atoms with Crippen LogP contribution in [0, 0.1) is 0 Å². The van der Waals surface area contributed by atoms with Crippen LogP contribution in [0.25, 0.3) is 0 Å². The second kappa shape index (κ2) is 5.45. The molecule has 1 aromatic carbocycles. The van der Waals surface area contributed by atoms with Crippen LogP contribution in [0.4, 0.5) is 0 Å². The topological polar surface area (TPSA) is 23.5 Å².